The van der Waals surface area contributed by atoms with Crippen molar-refractivity contribution in [1.82, 2.24) is 5.32 Å². The van der Waals surface area contributed by atoms with E-state index >= 15 is 0 Å². The molecular weight excluding hydrogens is 330 g/mol. The van der Waals surface area contributed by atoms with Crippen molar-refractivity contribution >= 4 is 15.9 Å². The minimum absolute atomic E-state index is 0.226. The summed E-state index contributed by atoms with van der Waals surface area (Å²) in [4.78, 5) is 0. The fraction of sp³-hybridized carbons (Fsp3) is 0.294. The molecular formula is C17H20BrNO2. The zero-order valence-corrected chi connectivity index (χ0v) is 14.1. The Hall–Kier alpha value is -1.52. The summed E-state index contributed by atoms with van der Waals surface area (Å²) in [5, 5.41) is 3.51. The lowest BCUT2D eigenvalue weighted by molar-refractivity contribution is 0.405. The summed E-state index contributed by atoms with van der Waals surface area (Å²) in [5.74, 6) is 1.77. The first-order chi connectivity index (χ1) is 10.1. The molecule has 112 valence electrons. The summed E-state index contributed by atoms with van der Waals surface area (Å²) < 4.78 is 11.7. The molecule has 1 N–H and O–H groups in total. The molecule has 0 spiro atoms. The lowest BCUT2D eigenvalue weighted by Gasteiger charge is -2.16. The maximum atomic E-state index is 5.39. The monoisotopic (exact) mass is 349 g/mol. The number of hydrogen-bond acceptors (Lipinski definition) is 3. The molecule has 21 heavy (non-hydrogen) atoms. The highest BCUT2D eigenvalue weighted by atomic mass is 79.9. The molecule has 0 aliphatic carbocycles. The van der Waals surface area contributed by atoms with Gasteiger partial charge in [0.05, 0.1) is 14.2 Å². The van der Waals surface area contributed by atoms with Gasteiger partial charge in [0.1, 0.15) is 11.5 Å². The molecule has 1 atom stereocenters. The third kappa shape index (κ3) is 4.22. The quantitative estimate of drug-likeness (QED) is 0.842. The Labute approximate surface area is 134 Å². The van der Waals surface area contributed by atoms with Crippen molar-refractivity contribution in [2.45, 2.75) is 19.5 Å². The molecule has 2 aromatic rings. The van der Waals surface area contributed by atoms with E-state index in [2.05, 4.69) is 46.4 Å². The van der Waals surface area contributed by atoms with E-state index in [1.807, 2.05) is 24.3 Å². The van der Waals surface area contributed by atoms with Gasteiger partial charge in [0, 0.05) is 22.6 Å². The zero-order valence-electron chi connectivity index (χ0n) is 12.5. The van der Waals surface area contributed by atoms with Gasteiger partial charge >= 0.3 is 0 Å². The lowest BCUT2D eigenvalue weighted by Crippen LogP contribution is -2.18. The van der Waals surface area contributed by atoms with Crippen LogP contribution < -0.4 is 14.8 Å². The summed E-state index contributed by atoms with van der Waals surface area (Å²) >= 11 is 3.50. The molecule has 3 nitrogen and oxygen atoms in total. The van der Waals surface area contributed by atoms with E-state index in [0.717, 1.165) is 28.1 Å². The number of methoxy groups -OCH3 is 2. The van der Waals surface area contributed by atoms with Crippen LogP contribution in [0.4, 0.5) is 0 Å². The SMILES string of the molecule is COc1cccc([C@H](C)NCc2cc(Br)ccc2OC)c1. The van der Waals surface area contributed by atoms with Crippen LogP contribution in [0.5, 0.6) is 11.5 Å². The Morgan fingerprint density at radius 1 is 1.10 bits per heavy atom. The molecule has 0 unspecified atom stereocenters. The van der Waals surface area contributed by atoms with Crippen LogP contribution in [0, 0.1) is 0 Å². The molecule has 0 aliphatic rings. The third-order valence-corrected chi connectivity index (χ3v) is 3.93. The standard InChI is InChI=1S/C17H20BrNO2/c1-12(13-5-4-6-16(10-13)20-2)19-11-14-9-15(18)7-8-17(14)21-3/h4-10,12,19H,11H2,1-3H3/t12-/m0/s1. The van der Waals surface area contributed by atoms with E-state index in [1.165, 1.54) is 5.56 Å². The van der Waals surface area contributed by atoms with Crippen molar-refractivity contribution in [1.29, 1.82) is 0 Å². The highest BCUT2D eigenvalue weighted by Gasteiger charge is 2.09. The highest BCUT2D eigenvalue weighted by Crippen LogP contribution is 2.24. The summed E-state index contributed by atoms with van der Waals surface area (Å²) in [6.07, 6.45) is 0. The summed E-state index contributed by atoms with van der Waals surface area (Å²) in [5.41, 5.74) is 2.32. The highest BCUT2D eigenvalue weighted by molar-refractivity contribution is 9.10. The number of ether oxygens (including phenoxy) is 2. The largest absolute Gasteiger partial charge is 0.497 e. The second-order valence-electron chi connectivity index (χ2n) is 4.84. The number of nitrogens with one attached hydrogen (secondary N) is 1. The number of rotatable bonds is 6. The molecule has 4 heteroatoms. The third-order valence-electron chi connectivity index (χ3n) is 3.43. The van der Waals surface area contributed by atoms with Gasteiger partial charge in [-0.25, -0.2) is 0 Å². The Morgan fingerprint density at radius 2 is 1.90 bits per heavy atom. The zero-order chi connectivity index (χ0) is 15.2. The van der Waals surface area contributed by atoms with Crippen molar-refractivity contribution in [2.75, 3.05) is 14.2 Å². The van der Waals surface area contributed by atoms with Crippen molar-refractivity contribution < 1.29 is 9.47 Å². The average Bonchev–Trinajstić information content (AvgIpc) is 2.52. The fourth-order valence-corrected chi connectivity index (χ4v) is 2.59. The normalized spacial score (nSPS) is 12.0. The van der Waals surface area contributed by atoms with Gasteiger partial charge in [0.25, 0.3) is 0 Å². The van der Waals surface area contributed by atoms with Crippen LogP contribution in [0.2, 0.25) is 0 Å². The molecule has 0 aliphatic heterocycles. The first-order valence-corrected chi connectivity index (χ1v) is 7.63. The Bertz CT molecular complexity index is 601. The molecule has 0 amide bonds. The van der Waals surface area contributed by atoms with E-state index in [4.69, 9.17) is 9.47 Å². The van der Waals surface area contributed by atoms with Gasteiger partial charge in [-0.15, -0.1) is 0 Å². The minimum Gasteiger partial charge on any atom is -0.497 e. The molecule has 0 saturated heterocycles. The maximum absolute atomic E-state index is 5.39. The smallest absolute Gasteiger partial charge is 0.123 e. The predicted molar refractivity (Wildman–Crippen MR) is 88.9 cm³/mol. The lowest BCUT2D eigenvalue weighted by atomic mass is 10.1. The van der Waals surface area contributed by atoms with Gasteiger partial charge in [-0.1, -0.05) is 28.1 Å². The Morgan fingerprint density at radius 3 is 2.62 bits per heavy atom. The molecule has 2 rings (SSSR count). The first kappa shape index (κ1) is 15.9. The van der Waals surface area contributed by atoms with Crippen LogP contribution in [-0.4, -0.2) is 14.2 Å². The molecule has 0 radical (unpaired) electrons. The van der Waals surface area contributed by atoms with Crippen LogP contribution in [0.1, 0.15) is 24.1 Å². The van der Waals surface area contributed by atoms with Crippen LogP contribution in [0.15, 0.2) is 46.9 Å². The van der Waals surface area contributed by atoms with Crippen molar-refractivity contribution in [3.05, 3.63) is 58.1 Å². The van der Waals surface area contributed by atoms with Crippen LogP contribution in [0.25, 0.3) is 0 Å². The number of halogens is 1. The van der Waals surface area contributed by atoms with Gasteiger partial charge < -0.3 is 14.8 Å². The minimum atomic E-state index is 0.226. The van der Waals surface area contributed by atoms with Crippen molar-refractivity contribution in [2.24, 2.45) is 0 Å². The van der Waals surface area contributed by atoms with Crippen molar-refractivity contribution in [3.63, 3.8) is 0 Å². The van der Waals surface area contributed by atoms with E-state index < -0.39 is 0 Å². The van der Waals surface area contributed by atoms with E-state index in [9.17, 15) is 0 Å². The molecule has 0 aromatic heterocycles. The summed E-state index contributed by atoms with van der Waals surface area (Å²) in [6.45, 7) is 2.88. The Balaban J connectivity index is 2.06. The van der Waals surface area contributed by atoms with Gasteiger partial charge in [-0.3, -0.25) is 0 Å². The Kier molecular flexibility index (Phi) is 5.65. The van der Waals surface area contributed by atoms with Crippen molar-refractivity contribution in [3.8, 4) is 11.5 Å². The number of hydrogen-bond donors (Lipinski definition) is 1. The van der Waals surface area contributed by atoms with Gasteiger partial charge in [-0.05, 0) is 42.8 Å². The molecule has 0 bridgehead atoms. The van der Waals surface area contributed by atoms with E-state index in [-0.39, 0.29) is 6.04 Å². The average molecular weight is 350 g/mol. The second kappa shape index (κ2) is 7.48. The molecule has 2 aromatic carbocycles. The fourth-order valence-electron chi connectivity index (χ4n) is 2.18. The second-order valence-corrected chi connectivity index (χ2v) is 5.75. The molecule has 0 saturated carbocycles. The van der Waals surface area contributed by atoms with Gasteiger partial charge in [0.2, 0.25) is 0 Å². The van der Waals surface area contributed by atoms with Gasteiger partial charge in [-0.2, -0.15) is 0 Å². The maximum Gasteiger partial charge on any atom is 0.123 e. The number of benzene rings is 2. The van der Waals surface area contributed by atoms with Crippen LogP contribution in [-0.2, 0) is 6.54 Å². The predicted octanol–water partition coefficient (Wildman–Crippen LogP) is 4.32. The first-order valence-electron chi connectivity index (χ1n) is 6.83. The summed E-state index contributed by atoms with van der Waals surface area (Å²) in [6, 6.07) is 14.4. The van der Waals surface area contributed by atoms with Crippen LogP contribution >= 0.6 is 15.9 Å². The summed E-state index contributed by atoms with van der Waals surface area (Å²) in [7, 11) is 3.38. The van der Waals surface area contributed by atoms with E-state index in [1.54, 1.807) is 14.2 Å². The van der Waals surface area contributed by atoms with E-state index in [0.29, 0.717) is 0 Å². The van der Waals surface area contributed by atoms with Crippen LogP contribution in [0.3, 0.4) is 0 Å². The topological polar surface area (TPSA) is 30.5 Å². The van der Waals surface area contributed by atoms with Gasteiger partial charge in [0.15, 0.2) is 0 Å². The molecule has 0 heterocycles. The molecule has 0 fully saturated rings.